The molecule has 0 atom stereocenters. The zero-order chi connectivity index (χ0) is 12.1. The van der Waals surface area contributed by atoms with E-state index in [9.17, 15) is 4.79 Å². The maximum absolute atomic E-state index is 10.5. The first-order chi connectivity index (χ1) is 7.54. The first-order valence-electron chi connectivity index (χ1n) is 5.53. The molecule has 0 spiro atoms. The van der Waals surface area contributed by atoms with Gasteiger partial charge in [-0.2, -0.15) is 0 Å². The zero-order valence-electron chi connectivity index (χ0n) is 10.1. The lowest BCUT2D eigenvalue weighted by Gasteiger charge is -2.07. The third-order valence-electron chi connectivity index (χ3n) is 2.78. The highest BCUT2D eigenvalue weighted by Gasteiger charge is 2.02. The van der Waals surface area contributed by atoms with Crippen LogP contribution in [-0.2, 0) is 4.79 Å². The van der Waals surface area contributed by atoms with Crippen LogP contribution in [0.2, 0.25) is 0 Å². The Morgan fingerprint density at radius 1 is 1.31 bits per heavy atom. The zero-order valence-corrected chi connectivity index (χ0v) is 10.1. The van der Waals surface area contributed by atoms with E-state index in [1.54, 1.807) is 6.08 Å². The van der Waals surface area contributed by atoms with E-state index in [1.807, 2.05) is 6.92 Å². The van der Waals surface area contributed by atoms with Gasteiger partial charge in [-0.3, -0.25) is 4.79 Å². The molecule has 1 rings (SSSR count). The smallest absolute Gasteiger partial charge is 0.307 e. The van der Waals surface area contributed by atoms with Crippen LogP contribution in [0.25, 0.3) is 5.57 Å². The van der Waals surface area contributed by atoms with Gasteiger partial charge in [-0.15, -0.1) is 0 Å². The van der Waals surface area contributed by atoms with E-state index in [0.717, 1.165) is 17.6 Å². The summed E-state index contributed by atoms with van der Waals surface area (Å²) in [7, 11) is 0. The Kier molecular flexibility index (Phi) is 4.29. The maximum Gasteiger partial charge on any atom is 0.307 e. The summed E-state index contributed by atoms with van der Waals surface area (Å²) in [5.41, 5.74) is 4.74. The van der Waals surface area contributed by atoms with E-state index in [4.69, 9.17) is 5.11 Å². The van der Waals surface area contributed by atoms with E-state index in [0.29, 0.717) is 0 Å². The van der Waals surface area contributed by atoms with Crippen LogP contribution in [0.3, 0.4) is 0 Å². The molecule has 0 fully saturated rings. The highest BCUT2D eigenvalue weighted by Crippen LogP contribution is 2.21. The molecular weight excluding hydrogens is 200 g/mol. The molecule has 0 aromatic heterocycles. The van der Waals surface area contributed by atoms with Crippen molar-refractivity contribution < 1.29 is 9.90 Å². The van der Waals surface area contributed by atoms with Gasteiger partial charge in [-0.1, -0.05) is 31.2 Å². The average Bonchev–Trinajstić information content (AvgIpc) is 2.23. The third kappa shape index (κ3) is 3.23. The van der Waals surface area contributed by atoms with Gasteiger partial charge in [0.15, 0.2) is 0 Å². The van der Waals surface area contributed by atoms with E-state index in [1.165, 1.54) is 11.1 Å². The fraction of sp³-hybridized carbons (Fsp3) is 0.357. The Morgan fingerprint density at radius 2 is 2.00 bits per heavy atom. The summed E-state index contributed by atoms with van der Waals surface area (Å²) in [6.45, 7) is 6.19. The molecular formula is C14H18O2. The lowest BCUT2D eigenvalue weighted by atomic mass is 9.98. The van der Waals surface area contributed by atoms with Gasteiger partial charge in [0.25, 0.3) is 0 Å². The molecule has 2 nitrogen and oxygen atoms in total. The number of carboxylic acid groups (broad SMARTS) is 1. The minimum Gasteiger partial charge on any atom is -0.481 e. The normalized spacial score (nSPS) is 11.6. The maximum atomic E-state index is 10.5. The number of allylic oxidation sites excluding steroid dienone is 1. The Hall–Kier alpha value is -1.57. The SMILES string of the molecule is CC/C(=C\CC(=O)O)c1ccc(C)c(C)c1. The molecule has 0 aliphatic rings. The van der Waals surface area contributed by atoms with Gasteiger partial charge in [-0.25, -0.2) is 0 Å². The molecule has 0 heterocycles. The van der Waals surface area contributed by atoms with Crippen molar-refractivity contribution in [3.05, 3.63) is 41.0 Å². The molecule has 0 amide bonds. The summed E-state index contributed by atoms with van der Waals surface area (Å²) in [5.74, 6) is -0.783. The quantitative estimate of drug-likeness (QED) is 0.838. The lowest BCUT2D eigenvalue weighted by molar-refractivity contribution is -0.135. The number of aryl methyl sites for hydroxylation is 2. The first kappa shape index (κ1) is 12.5. The van der Waals surface area contributed by atoms with Crippen molar-refractivity contribution in [2.45, 2.75) is 33.6 Å². The van der Waals surface area contributed by atoms with Crippen LogP contribution < -0.4 is 0 Å². The predicted molar refractivity (Wildman–Crippen MR) is 66.4 cm³/mol. The number of hydrogen-bond donors (Lipinski definition) is 1. The Morgan fingerprint density at radius 3 is 2.50 bits per heavy atom. The van der Waals surface area contributed by atoms with Gasteiger partial charge in [0, 0.05) is 0 Å². The van der Waals surface area contributed by atoms with Gasteiger partial charge in [-0.05, 0) is 42.5 Å². The highest BCUT2D eigenvalue weighted by molar-refractivity contribution is 5.74. The fourth-order valence-electron chi connectivity index (χ4n) is 1.62. The molecule has 86 valence electrons. The molecule has 16 heavy (non-hydrogen) atoms. The van der Waals surface area contributed by atoms with Crippen LogP contribution in [0.5, 0.6) is 0 Å². The Labute approximate surface area is 96.6 Å². The topological polar surface area (TPSA) is 37.3 Å². The van der Waals surface area contributed by atoms with Crippen LogP contribution >= 0.6 is 0 Å². The van der Waals surface area contributed by atoms with Crippen LogP contribution in [0, 0.1) is 13.8 Å². The van der Waals surface area contributed by atoms with Crippen LogP contribution in [-0.4, -0.2) is 11.1 Å². The molecule has 0 aliphatic carbocycles. The molecule has 0 unspecified atom stereocenters. The van der Waals surface area contributed by atoms with Crippen molar-refractivity contribution in [3.63, 3.8) is 0 Å². The van der Waals surface area contributed by atoms with Crippen molar-refractivity contribution in [1.82, 2.24) is 0 Å². The number of benzene rings is 1. The number of hydrogen-bond acceptors (Lipinski definition) is 1. The molecule has 0 saturated carbocycles. The van der Waals surface area contributed by atoms with E-state index in [2.05, 4.69) is 32.0 Å². The molecule has 2 heteroatoms. The molecule has 0 saturated heterocycles. The monoisotopic (exact) mass is 218 g/mol. The summed E-state index contributed by atoms with van der Waals surface area (Å²) < 4.78 is 0. The van der Waals surface area contributed by atoms with Crippen molar-refractivity contribution in [2.75, 3.05) is 0 Å². The molecule has 1 aromatic carbocycles. The van der Waals surface area contributed by atoms with Gasteiger partial charge in [0.05, 0.1) is 6.42 Å². The summed E-state index contributed by atoms with van der Waals surface area (Å²) >= 11 is 0. The lowest BCUT2D eigenvalue weighted by Crippen LogP contribution is -1.93. The van der Waals surface area contributed by atoms with Gasteiger partial charge < -0.3 is 5.11 Å². The van der Waals surface area contributed by atoms with E-state index in [-0.39, 0.29) is 6.42 Å². The van der Waals surface area contributed by atoms with Gasteiger partial charge >= 0.3 is 5.97 Å². The number of rotatable bonds is 4. The van der Waals surface area contributed by atoms with Crippen molar-refractivity contribution in [3.8, 4) is 0 Å². The van der Waals surface area contributed by atoms with E-state index >= 15 is 0 Å². The molecule has 0 bridgehead atoms. The number of aliphatic carboxylic acids is 1. The van der Waals surface area contributed by atoms with Crippen LogP contribution in [0.4, 0.5) is 0 Å². The fourth-order valence-corrected chi connectivity index (χ4v) is 1.62. The third-order valence-corrected chi connectivity index (χ3v) is 2.78. The minimum absolute atomic E-state index is 0.0934. The second kappa shape index (κ2) is 5.50. The van der Waals surface area contributed by atoms with E-state index < -0.39 is 5.97 Å². The van der Waals surface area contributed by atoms with Crippen molar-refractivity contribution in [2.24, 2.45) is 0 Å². The Balaban J connectivity index is 2.99. The molecule has 1 aromatic rings. The van der Waals surface area contributed by atoms with Crippen LogP contribution in [0.1, 0.15) is 36.5 Å². The summed E-state index contributed by atoms with van der Waals surface area (Å²) in [6.07, 6.45) is 2.75. The second-order valence-corrected chi connectivity index (χ2v) is 3.98. The van der Waals surface area contributed by atoms with Crippen molar-refractivity contribution >= 4 is 11.5 Å². The van der Waals surface area contributed by atoms with Gasteiger partial charge in [0.1, 0.15) is 0 Å². The van der Waals surface area contributed by atoms with Crippen LogP contribution in [0.15, 0.2) is 24.3 Å². The predicted octanol–water partition coefficient (Wildman–Crippen LogP) is 3.57. The molecule has 0 aliphatic heterocycles. The average molecular weight is 218 g/mol. The summed E-state index contributed by atoms with van der Waals surface area (Å²) in [6, 6.07) is 6.25. The Bertz CT molecular complexity index is 417. The van der Waals surface area contributed by atoms with Gasteiger partial charge in [0.2, 0.25) is 0 Å². The highest BCUT2D eigenvalue weighted by atomic mass is 16.4. The standard InChI is InChI=1S/C14H18O2/c1-4-12(7-8-14(15)16)13-6-5-10(2)11(3)9-13/h5-7,9H,4,8H2,1-3H3,(H,15,16)/b12-7+. The molecule has 1 N–H and O–H groups in total. The summed E-state index contributed by atoms with van der Waals surface area (Å²) in [5, 5.41) is 8.66. The van der Waals surface area contributed by atoms with Crippen molar-refractivity contribution in [1.29, 1.82) is 0 Å². The number of carboxylic acids is 1. The minimum atomic E-state index is -0.783. The number of carbonyl (C=O) groups is 1. The molecule has 0 radical (unpaired) electrons. The first-order valence-corrected chi connectivity index (χ1v) is 5.53. The second-order valence-electron chi connectivity index (χ2n) is 3.98. The summed E-state index contributed by atoms with van der Waals surface area (Å²) in [4.78, 5) is 10.5. The largest absolute Gasteiger partial charge is 0.481 e.